The summed E-state index contributed by atoms with van der Waals surface area (Å²) < 4.78 is 5.38. The van der Waals surface area contributed by atoms with Gasteiger partial charge in [-0.25, -0.2) is 4.79 Å². The van der Waals surface area contributed by atoms with Crippen LogP contribution in [0.2, 0.25) is 0 Å². The maximum Gasteiger partial charge on any atom is 0.408 e. The number of aliphatic imine (C=N–C) groups is 1. The molecule has 0 bridgehead atoms. The Labute approximate surface area is 140 Å². The van der Waals surface area contributed by atoms with Crippen LogP contribution in [0.15, 0.2) is 4.99 Å². The minimum absolute atomic E-state index is 0.395. The van der Waals surface area contributed by atoms with Crippen molar-refractivity contribution in [2.75, 3.05) is 19.6 Å². The SMILES string of the molecule is CCC(CC)(CN=C(N)N1CCCCC1)NC(=O)OC(C)(C)C. The number of rotatable bonds is 5. The summed E-state index contributed by atoms with van der Waals surface area (Å²) in [5.74, 6) is 0.585. The van der Waals surface area contributed by atoms with Crippen LogP contribution in [0.4, 0.5) is 4.79 Å². The largest absolute Gasteiger partial charge is 0.444 e. The number of alkyl carbamates (subject to hydrolysis) is 1. The van der Waals surface area contributed by atoms with Crippen LogP contribution in [0.3, 0.4) is 0 Å². The molecule has 0 unspecified atom stereocenters. The summed E-state index contributed by atoms with van der Waals surface area (Å²) in [7, 11) is 0. The van der Waals surface area contributed by atoms with Crippen LogP contribution in [0.25, 0.3) is 0 Å². The van der Waals surface area contributed by atoms with Gasteiger partial charge in [-0.3, -0.25) is 4.99 Å². The summed E-state index contributed by atoms with van der Waals surface area (Å²) in [6, 6.07) is 0. The quantitative estimate of drug-likeness (QED) is 0.601. The first-order valence-corrected chi connectivity index (χ1v) is 8.77. The van der Waals surface area contributed by atoms with E-state index in [9.17, 15) is 4.79 Å². The zero-order valence-electron chi connectivity index (χ0n) is 15.4. The van der Waals surface area contributed by atoms with Gasteiger partial charge in [0.15, 0.2) is 5.96 Å². The highest BCUT2D eigenvalue weighted by molar-refractivity contribution is 5.78. The molecule has 0 atom stereocenters. The molecule has 0 saturated carbocycles. The van der Waals surface area contributed by atoms with E-state index in [1.54, 1.807) is 0 Å². The predicted octanol–water partition coefficient (Wildman–Crippen LogP) is 2.87. The molecule has 0 aromatic heterocycles. The van der Waals surface area contributed by atoms with E-state index >= 15 is 0 Å². The third kappa shape index (κ3) is 6.67. The average Bonchev–Trinajstić information content (AvgIpc) is 2.50. The molecule has 6 heteroatoms. The molecule has 1 rings (SSSR count). The summed E-state index contributed by atoms with van der Waals surface area (Å²) in [6.07, 6.45) is 4.75. The molecule has 1 amide bonds. The molecular weight excluding hydrogens is 292 g/mol. The van der Waals surface area contributed by atoms with Gasteiger partial charge in [0.2, 0.25) is 0 Å². The zero-order valence-corrected chi connectivity index (χ0v) is 15.4. The number of nitrogens with two attached hydrogens (primary N) is 1. The molecule has 0 aromatic carbocycles. The van der Waals surface area contributed by atoms with Crippen molar-refractivity contribution in [2.24, 2.45) is 10.7 Å². The van der Waals surface area contributed by atoms with Gasteiger partial charge in [-0.2, -0.15) is 0 Å². The summed E-state index contributed by atoms with van der Waals surface area (Å²) in [5, 5.41) is 3.00. The Morgan fingerprint density at radius 1 is 1.17 bits per heavy atom. The first kappa shape index (κ1) is 19.6. The molecule has 3 N–H and O–H groups in total. The highest BCUT2D eigenvalue weighted by Gasteiger charge is 2.30. The van der Waals surface area contributed by atoms with E-state index in [-0.39, 0.29) is 0 Å². The smallest absolute Gasteiger partial charge is 0.408 e. The minimum atomic E-state index is -0.507. The Kier molecular flexibility index (Phi) is 7.16. The number of carbonyl (C=O) groups is 1. The maximum absolute atomic E-state index is 12.1. The molecule has 1 aliphatic rings. The van der Waals surface area contributed by atoms with E-state index in [4.69, 9.17) is 10.5 Å². The summed E-state index contributed by atoms with van der Waals surface area (Å²) in [6.45, 7) is 12.1. The van der Waals surface area contributed by atoms with Gasteiger partial charge in [0.25, 0.3) is 0 Å². The van der Waals surface area contributed by atoms with Crippen LogP contribution in [-0.2, 0) is 4.74 Å². The fraction of sp³-hybridized carbons (Fsp3) is 0.882. The molecule has 1 saturated heterocycles. The lowest BCUT2D eigenvalue weighted by atomic mass is 9.93. The number of nitrogens with one attached hydrogen (secondary N) is 1. The standard InChI is InChI=1S/C17H34N4O2/c1-6-17(7-2,20-15(22)23-16(3,4)5)13-19-14(18)21-11-9-8-10-12-21/h6-13H2,1-5H3,(H2,18,19)(H,20,22). The molecule has 23 heavy (non-hydrogen) atoms. The Morgan fingerprint density at radius 3 is 2.22 bits per heavy atom. The molecule has 6 nitrogen and oxygen atoms in total. The lowest BCUT2D eigenvalue weighted by Crippen LogP contribution is -2.52. The lowest BCUT2D eigenvalue weighted by Gasteiger charge is -2.33. The number of nitrogens with zero attached hydrogens (tertiary/aromatic N) is 2. The Balaban J connectivity index is 2.70. The van der Waals surface area contributed by atoms with Crippen LogP contribution in [0.5, 0.6) is 0 Å². The highest BCUT2D eigenvalue weighted by Crippen LogP contribution is 2.18. The molecular formula is C17H34N4O2. The maximum atomic E-state index is 12.1. The van der Waals surface area contributed by atoms with E-state index in [0.717, 1.165) is 25.9 Å². The van der Waals surface area contributed by atoms with Crippen LogP contribution < -0.4 is 11.1 Å². The molecule has 0 radical (unpaired) electrons. The predicted molar refractivity (Wildman–Crippen MR) is 94.6 cm³/mol. The van der Waals surface area contributed by atoms with E-state index < -0.39 is 17.2 Å². The van der Waals surface area contributed by atoms with Crippen molar-refractivity contribution in [3.05, 3.63) is 0 Å². The minimum Gasteiger partial charge on any atom is -0.444 e. The molecule has 1 aliphatic heterocycles. The normalized spacial score (nSPS) is 17.1. The summed E-state index contributed by atoms with van der Waals surface area (Å²) in [4.78, 5) is 18.8. The van der Waals surface area contributed by atoms with Crippen molar-refractivity contribution in [2.45, 2.75) is 77.9 Å². The number of amides is 1. The second-order valence-electron chi connectivity index (χ2n) is 7.34. The topological polar surface area (TPSA) is 80.0 Å². The highest BCUT2D eigenvalue weighted by atomic mass is 16.6. The zero-order chi connectivity index (χ0) is 17.5. The monoisotopic (exact) mass is 326 g/mol. The van der Waals surface area contributed by atoms with E-state index in [1.807, 2.05) is 34.6 Å². The fourth-order valence-electron chi connectivity index (χ4n) is 2.67. The number of likely N-dealkylation sites (tertiary alicyclic amines) is 1. The van der Waals surface area contributed by atoms with Gasteiger partial charge < -0.3 is 20.7 Å². The van der Waals surface area contributed by atoms with Crippen LogP contribution in [0.1, 0.15) is 66.7 Å². The van der Waals surface area contributed by atoms with Crippen molar-refractivity contribution < 1.29 is 9.53 Å². The van der Waals surface area contributed by atoms with Crippen molar-refractivity contribution in [3.63, 3.8) is 0 Å². The van der Waals surface area contributed by atoms with Gasteiger partial charge in [-0.05, 0) is 52.9 Å². The first-order chi connectivity index (χ1) is 10.7. The second kappa shape index (κ2) is 8.41. The van der Waals surface area contributed by atoms with Crippen molar-refractivity contribution in [1.82, 2.24) is 10.2 Å². The number of ether oxygens (including phenoxy) is 1. The van der Waals surface area contributed by atoms with Crippen molar-refractivity contribution in [1.29, 1.82) is 0 Å². The lowest BCUT2D eigenvalue weighted by molar-refractivity contribution is 0.0451. The van der Waals surface area contributed by atoms with Gasteiger partial charge >= 0.3 is 6.09 Å². The van der Waals surface area contributed by atoms with Gasteiger partial charge in [-0.15, -0.1) is 0 Å². The second-order valence-corrected chi connectivity index (χ2v) is 7.34. The number of carbonyl (C=O) groups excluding carboxylic acids is 1. The van der Waals surface area contributed by atoms with Crippen molar-refractivity contribution >= 4 is 12.1 Å². The van der Waals surface area contributed by atoms with Crippen LogP contribution in [0, 0.1) is 0 Å². The molecule has 134 valence electrons. The summed E-state index contributed by atoms with van der Waals surface area (Å²) in [5.41, 5.74) is 5.21. The Hall–Kier alpha value is -1.46. The molecule has 0 aromatic rings. The van der Waals surface area contributed by atoms with Crippen LogP contribution >= 0.6 is 0 Å². The Morgan fingerprint density at radius 2 is 1.74 bits per heavy atom. The molecule has 1 heterocycles. The average molecular weight is 326 g/mol. The number of guanidine groups is 1. The van der Waals surface area contributed by atoms with Gasteiger partial charge in [0.1, 0.15) is 5.60 Å². The van der Waals surface area contributed by atoms with E-state index in [2.05, 4.69) is 15.2 Å². The fourth-order valence-corrected chi connectivity index (χ4v) is 2.67. The van der Waals surface area contributed by atoms with Crippen molar-refractivity contribution in [3.8, 4) is 0 Å². The summed E-state index contributed by atoms with van der Waals surface area (Å²) >= 11 is 0. The Bertz CT molecular complexity index is 405. The molecule has 0 aliphatic carbocycles. The number of hydrogen-bond acceptors (Lipinski definition) is 3. The van der Waals surface area contributed by atoms with Gasteiger partial charge in [0, 0.05) is 13.1 Å². The molecule has 0 spiro atoms. The third-order valence-electron chi connectivity index (χ3n) is 4.34. The number of hydrogen-bond donors (Lipinski definition) is 2. The van der Waals surface area contributed by atoms with E-state index in [1.165, 1.54) is 19.3 Å². The molecule has 1 fully saturated rings. The number of piperidine rings is 1. The van der Waals surface area contributed by atoms with Gasteiger partial charge in [0.05, 0.1) is 12.1 Å². The van der Waals surface area contributed by atoms with Crippen LogP contribution in [-0.4, -0.2) is 47.7 Å². The van der Waals surface area contributed by atoms with Gasteiger partial charge in [-0.1, -0.05) is 13.8 Å². The van der Waals surface area contributed by atoms with E-state index in [0.29, 0.717) is 12.5 Å². The third-order valence-corrected chi connectivity index (χ3v) is 4.34. The first-order valence-electron chi connectivity index (χ1n) is 8.77.